The summed E-state index contributed by atoms with van der Waals surface area (Å²) in [6, 6.07) is 6.17. The van der Waals surface area contributed by atoms with Gasteiger partial charge in [-0.25, -0.2) is 0 Å². The lowest BCUT2D eigenvalue weighted by molar-refractivity contribution is 0.318. The predicted molar refractivity (Wildman–Crippen MR) is 83.5 cm³/mol. The Morgan fingerprint density at radius 3 is 2.90 bits per heavy atom. The molecule has 1 aromatic rings. The Morgan fingerprint density at radius 1 is 1.40 bits per heavy atom. The summed E-state index contributed by atoms with van der Waals surface area (Å²) >= 11 is 0. The number of rotatable bonds is 3. The molecular weight excluding hydrogens is 250 g/mol. The maximum absolute atomic E-state index is 8.98. The summed E-state index contributed by atoms with van der Waals surface area (Å²) in [6.45, 7) is 6.39. The van der Waals surface area contributed by atoms with E-state index in [0.29, 0.717) is 0 Å². The van der Waals surface area contributed by atoms with Crippen LogP contribution in [0.3, 0.4) is 0 Å². The number of anilines is 1. The molecule has 0 saturated carbocycles. The van der Waals surface area contributed by atoms with E-state index in [1.807, 2.05) is 13.0 Å². The first-order chi connectivity index (χ1) is 9.65. The summed E-state index contributed by atoms with van der Waals surface area (Å²) in [5.74, 6) is 1.03. The Morgan fingerprint density at radius 2 is 2.20 bits per heavy atom. The van der Waals surface area contributed by atoms with Crippen molar-refractivity contribution in [1.29, 1.82) is 0 Å². The Balaban J connectivity index is 2.27. The molecule has 110 valence electrons. The molecule has 0 bridgehead atoms. The first kappa shape index (κ1) is 14.7. The van der Waals surface area contributed by atoms with Crippen LogP contribution in [0.15, 0.2) is 23.4 Å². The van der Waals surface area contributed by atoms with E-state index in [1.54, 1.807) is 0 Å². The predicted octanol–water partition coefficient (Wildman–Crippen LogP) is 3.11. The van der Waals surface area contributed by atoms with Gasteiger partial charge in [-0.15, -0.1) is 0 Å². The fraction of sp³-hybridized carbons (Fsp3) is 0.562. The van der Waals surface area contributed by atoms with E-state index in [2.05, 4.69) is 29.1 Å². The quantitative estimate of drug-likeness (QED) is 0.385. The zero-order valence-electron chi connectivity index (χ0n) is 12.5. The number of amidine groups is 1. The molecule has 1 atom stereocenters. The molecule has 3 N–H and O–H groups in total. The molecule has 0 radical (unpaired) electrons. The number of hydrogen-bond acceptors (Lipinski definition) is 3. The summed E-state index contributed by atoms with van der Waals surface area (Å²) < 4.78 is 0. The minimum absolute atomic E-state index is 0.194. The lowest BCUT2D eigenvalue weighted by Crippen LogP contribution is -2.28. The van der Waals surface area contributed by atoms with Crippen LogP contribution in [0.2, 0.25) is 0 Å². The second kappa shape index (κ2) is 6.64. The number of hydrogen-bond donors (Lipinski definition) is 2. The van der Waals surface area contributed by atoms with Gasteiger partial charge < -0.3 is 15.8 Å². The van der Waals surface area contributed by atoms with E-state index in [1.165, 1.54) is 25.7 Å². The maximum Gasteiger partial charge on any atom is 0.172 e. The molecule has 1 unspecified atom stereocenters. The molecule has 1 saturated heterocycles. The van der Waals surface area contributed by atoms with Gasteiger partial charge in [-0.05, 0) is 44.2 Å². The summed E-state index contributed by atoms with van der Waals surface area (Å²) in [6.07, 6.45) is 4.99. The van der Waals surface area contributed by atoms with Crippen molar-refractivity contribution in [2.24, 2.45) is 16.8 Å². The third-order valence-electron chi connectivity index (χ3n) is 4.30. The van der Waals surface area contributed by atoms with Gasteiger partial charge in [0.25, 0.3) is 0 Å². The second-order valence-corrected chi connectivity index (χ2v) is 5.70. The molecule has 2 rings (SSSR count). The van der Waals surface area contributed by atoms with Gasteiger partial charge in [0, 0.05) is 24.3 Å². The van der Waals surface area contributed by atoms with Gasteiger partial charge in [0.15, 0.2) is 5.84 Å². The highest BCUT2D eigenvalue weighted by Gasteiger charge is 2.19. The number of benzene rings is 1. The average Bonchev–Trinajstić information content (AvgIpc) is 2.71. The topological polar surface area (TPSA) is 61.8 Å². The third kappa shape index (κ3) is 3.24. The summed E-state index contributed by atoms with van der Waals surface area (Å²) in [5, 5.41) is 12.2. The molecule has 4 nitrogen and oxygen atoms in total. The van der Waals surface area contributed by atoms with E-state index < -0.39 is 0 Å². The van der Waals surface area contributed by atoms with E-state index in [-0.39, 0.29) is 5.84 Å². The third-order valence-corrected chi connectivity index (χ3v) is 4.30. The SMILES string of the molecule is CCC1CCCN(c2ccc(C)cc2/C(N)=N/O)CC1. The number of nitrogens with zero attached hydrogens (tertiary/aromatic N) is 2. The Hall–Kier alpha value is -1.71. The van der Waals surface area contributed by atoms with Crippen molar-refractivity contribution < 1.29 is 5.21 Å². The molecule has 1 heterocycles. The summed E-state index contributed by atoms with van der Waals surface area (Å²) in [7, 11) is 0. The molecule has 0 aliphatic carbocycles. The van der Waals surface area contributed by atoms with E-state index in [4.69, 9.17) is 10.9 Å². The van der Waals surface area contributed by atoms with Gasteiger partial charge in [-0.2, -0.15) is 0 Å². The Labute approximate surface area is 121 Å². The van der Waals surface area contributed by atoms with Gasteiger partial charge in [0.2, 0.25) is 0 Å². The second-order valence-electron chi connectivity index (χ2n) is 5.70. The van der Waals surface area contributed by atoms with E-state index >= 15 is 0 Å². The van der Waals surface area contributed by atoms with Gasteiger partial charge in [-0.3, -0.25) is 0 Å². The van der Waals surface area contributed by atoms with Crippen LogP contribution in [0, 0.1) is 12.8 Å². The summed E-state index contributed by atoms with van der Waals surface area (Å²) in [5.41, 5.74) is 8.88. The Bertz CT molecular complexity index is 485. The maximum atomic E-state index is 8.98. The molecule has 0 amide bonds. The van der Waals surface area contributed by atoms with Gasteiger partial charge in [0.05, 0.1) is 0 Å². The minimum atomic E-state index is 0.194. The standard InChI is InChI=1S/C16H25N3O/c1-3-13-5-4-9-19(10-8-13)15-7-6-12(2)11-14(15)16(17)18-20/h6-7,11,13,20H,3-5,8-10H2,1-2H3,(H2,17,18). The molecule has 0 spiro atoms. The van der Waals surface area contributed by atoms with Crippen LogP contribution in [0.1, 0.15) is 43.7 Å². The smallest absolute Gasteiger partial charge is 0.172 e. The fourth-order valence-corrected chi connectivity index (χ4v) is 3.00. The fourth-order valence-electron chi connectivity index (χ4n) is 3.00. The molecular formula is C16H25N3O. The largest absolute Gasteiger partial charge is 0.409 e. The van der Waals surface area contributed by atoms with Crippen molar-refractivity contribution in [3.05, 3.63) is 29.3 Å². The number of nitrogens with two attached hydrogens (primary N) is 1. The normalized spacial score (nSPS) is 20.8. The molecule has 0 aromatic heterocycles. The van der Waals surface area contributed by atoms with Crippen LogP contribution < -0.4 is 10.6 Å². The average molecular weight is 275 g/mol. The lowest BCUT2D eigenvalue weighted by Gasteiger charge is -2.25. The molecule has 1 aliphatic heterocycles. The van der Waals surface area contributed by atoms with Crippen molar-refractivity contribution >= 4 is 11.5 Å². The molecule has 1 fully saturated rings. The molecule has 4 heteroatoms. The van der Waals surface area contributed by atoms with Crippen LogP contribution in [-0.2, 0) is 0 Å². The molecule has 20 heavy (non-hydrogen) atoms. The minimum Gasteiger partial charge on any atom is -0.409 e. The van der Waals surface area contributed by atoms with Crippen molar-refractivity contribution in [2.75, 3.05) is 18.0 Å². The van der Waals surface area contributed by atoms with Crippen LogP contribution in [0.5, 0.6) is 0 Å². The van der Waals surface area contributed by atoms with Crippen molar-refractivity contribution in [3.8, 4) is 0 Å². The first-order valence-electron chi connectivity index (χ1n) is 7.49. The van der Waals surface area contributed by atoms with Gasteiger partial charge in [0.1, 0.15) is 0 Å². The monoisotopic (exact) mass is 275 g/mol. The highest BCUT2D eigenvalue weighted by molar-refractivity contribution is 6.02. The lowest BCUT2D eigenvalue weighted by atomic mass is 9.98. The zero-order chi connectivity index (χ0) is 14.5. The van der Waals surface area contributed by atoms with Crippen molar-refractivity contribution in [3.63, 3.8) is 0 Å². The van der Waals surface area contributed by atoms with Crippen molar-refractivity contribution in [2.45, 2.75) is 39.5 Å². The van der Waals surface area contributed by atoms with Crippen LogP contribution in [0.4, 0.5) is 5.69 Å². The van der Waals surface area contributed by atoms with E-state index in [9.17, 15) is 0 Å². The highest BCUT2D eigenvalue weighted by atomic mass is 16.4. The highest BCUT2D eigenvalue weighted by Crippen LogP contribution is 2.27. The molecule has 1 aliphatic rings. The zero-order valence-corrected chi connectivity index (χ0v) is 12.5. The number of oxime groups is 1. The van der Waals surface area contributed by atoms with Crippen LogP contribution >= 0.6 is 0 Å². The van der Waals surface area contributed by atoms with Crippen molar-refractivity contribution in [1.82, 2.24) is 0 Å². The van der Waals surface area contributed by atoms with Crippen LogP contribution in [-0.4, -0.2) is 24.1 Å². The first-order valence-corrected chi connectivity index (χ1v) is 7.49. The van der Waals surface area contributed by atoms with Crippen LogP contribution in [0.25, 0.3) is 0 Å². The number of aryl methyl sites for hydroxylation is 1. The summed E-state index contributed by atoms with van der Waals surface area (Å²) in [4.78, 5) is 2.38. The van der Waals surface area contributed by atoms with E-state index in [0.717, 1.165) is 35.8 Å². The Kier molecular flexibility index (Phi) is 4.88. The van der Waals surface area contributed by atoms with Gasteiger partial charge >= 0.3 is 0 Å². The van der Waals surface area contributed by atoms with Gasteiger partial charge in [-0.1, -0.05) is 30.1 Å². The molecule has 1 aromatic carbocycles.